The third-order valence-corrected chi connectivity index (χ3v) is 8.41. The molecule has 0 atom stereocenters. The maximum Gasteiger partial charge on any atom is 0.279 e. The van der Waals surface area contributed by atoms with Gasteiger partial charge in [-0.1, -0.05) is 35.6 Å². The number of sulfonamides is 1. The summed E-state index contributed by atoms with van der Waals surface area (Å²) in [7, 11) is -2.28. The molecule has 178 valence electrons. The molecule has 0 radical (unpaired) electrons. The average molecular weight is 508 g/mol. The smallest absolute Gasteiger partial charge is 0.279 e. The molecule has 5 rings (SSSR count). The number of anilines is 1. The van der Waals surface area contributed by atoms with Crippen LogP contribution in [0.15, 0.2) is 89.3 Å². The van der Waals surface area contributed by atoms with Gasteiger partial charge in [-0.2, -0.15) is 4.99 Å². The highest BCUT2D eigenvalue weighted by atomic mass is 32.2. The van der Waals surface area contributed by atoms with Crippen molar-refractivity contribution in [3.8, 4) is 11.5 Å². The van der Waals surface area contributed by atoms with E-state index in [2.05, 4.69) is 11.6 Å². The highest BCUT2D eigenvalue weighted by molar-refractivity contribution is 7.92. The molecule has 0 bridgehead atoms. The molecule has 0 aliphatic carbocycles. The molecule has 10 heteroatoms. The highest BCUT2D eigenvalue weighted by Crippen LogP contribution is 2.37. The van der Waals surface area contributed by atoms with Crippen LogP contribution >= 0.6 is 11.3 Å². The maximum absolute atomic E-state index is 13.0. The van der Waals surface area contributed by atoms with E-state index in [0.29, 0.717) is 28.5 Å². The van der Waals surface area contributed by atoms with Crippen LogP contribution in [0, 0.1) is 0 Å². The van der Waals surface area contributed by atoms with E-state index in [4.69, 9.17) is 9.47 Å². The third kappa shape index (κ3) is 4.22. The van der Waals surface area contributed by atoms with Crippen molar-refractivity contribution >= 4 is 43.2 Å². The number of amides is 1. The monoisotopic (exact) mass is 507 g/mol. The summed E-state index contributed by atoms with van der Waals surface area (Å²) in [6.07, 6.45) is 1.73. The fraction of sp³-hybridized carbons (Fsp3) is 0.120. The fourth-order valence-corrected chi connectivity index (χ4v) is 5.95. The van der Waals surface area contributed by atoms with E-state index < -0.39 is 15.9 Å². The zero-order chi connectivity index (χ0) is 24.6. The Morgan fingerprint density at radius 2 is 1.80 bits per heavy atom. The van der Waals surface area contributed by atoms with Crippen molar-refractivity contribution in [2.45, 2.75) is 11.4 Å². The summed E-state index contributed by atoms with van der Waals surface area (Å²) < 4.78 is 40.9. The van der Waals surface area contributed by atoms with Gasteiger partial charge in [0.1, 0.15) is 0 Å². The number of rotatable bonds is 6. The van der Waals surface area contributed by atoms with Crippen LogP contribution in [0.3, 0.4) is 0 Å². The fourth-order valence-electron chi connectivity index (χ4n) is 3.71. The lowest BCUT2D eigenvalue weighted by molar-refractivity contribution is 0.0997. The second kappa shape index (κ2) is 9.05. The zero-order valence-electron chi connectivity index (χ0n) is 18.7. The van der Waals surface area contributed by atoms with Crippen LogP contribution in [-0.4, -0.2) is 32.7 Å². The summed E-state index contributed by atoms with van der Waals surface area (Å²) in [5.74, 6) is 0.817. The lowest BCUT2D eigenvalue weighted by atomic mass is 10.2. The van der Waals surface area contributed by atoms with Gasteiger partial charge in [0, 0.05) is 31.3 Å². The molecule has 0 spiro atoms. The molecule has 1 aliphatic rings. The van der Waals surface area contributed by atoms with Crippen LogP contribution in [0.1, 0.15) is 10.4 Å². The Balaban J connectivity index is 1.47. The molecule has 8 nitrogen and oxygen atoms in total. The minimum absolute atomic E-state index is 0.0819. The van der Waals surface area contributed by atoms with Crippen molar-refractivity contribution in [1.29, 1.82) is 0 Å². The van der Waals surface area contributed by atoms with Gasteiger partial charge >= 0.3 is 0 Å². The van der Waals surface area contributed by atoms with E-state index in [-0.39, 0.29) is 17.3 Å². The Hall–Kier alpha value is -3.89. The second-order valence-electron chi connectivity index (χ2n) is 7.71. The van der Waals surface area contributed by atoms with Crippen LogP contribution in [0.25, 0.3) is 10.2 Å². The van der Waals surface area contributed by atoms with Gasteiger partial charge in [0.2, 0.25) is 6.79 Å². The quantitative estimate of drug-likeness (QED) is 0.365. The summed E-state index contributed by atoms with van der Waals surface area (Å²) in [6.45, 7) is 4.43. The first kappa shape index (κ1) is 22.9. The van der Waals surface area contributed by atoms with Crippen molar-refractivity contribution in [2.24, 2.45) is 4.99 Å². The number of benzene rings is 3. The number of para-hydroxylation sites is 1. The molecule has 35 heavy (non-hydrogen) atoms. The topological polar surface area (TPSA) is 90.2 Å². The molecule has 2 heterocycles. The largest absolute Gasteiger partial charge is 0.454 e. The highest BCUT2D eigenvalue weighted by Gasteiger charge is 2.22. The second-order valence-corrected chi connectivity index (χ2v) is 10.7. The number of carbonyl (C=O) groups excluding carboxylic acids is 1. The van der Waals surface area contributed by atoms with Gasteiger partial charge in [-0.25, -0.2) is 8.42 Å². The number of nitrogens with zero attached hydrogens (tertiary/aromatic N) is 3. The molecule has 0 unspecified atom stereocenters. The van der Waals surface area contributed by atoms with Crippen molar-refractivity contribution in [3.63, 3.8) is 0 Å². The Kier molecular flexibility index (Phi) is 5.91. The van der Waals surface area contributed by atoms with Crippen molar-refractivity contribution in [1.82, 2.24) is 4.57 Å². The van der Waals surface area contributed by atoms with Crippen LogP contribution in [0.4, 0.5) is 5.69 Å². The maximum atomic E-state index is 13.0. The van der Waals surface area contributed by atoms with E-state index in [9.17, 15) is 13.2 Å². The Morgan fingerprint density at radius 1 is 1.11 bits per heavy atom. The summed E-state index contributed by atoms with van der Waals surface area (Å²) in [6, 6.07) is 18.3. The lowest BCUT2D eigenvalue weighted by Gasteiger charge is -2.19. The summed E-state index contributed by atoms with van der Waals surface area (Å²) in [5, 5.41) is 0. The zero-order valence-corrected chi connectivity index (χ0v) is 20.4. The molecule has 0 fully saturated rings. The summed E-state index contributed by atoms with van der Waals surface area (Å²) in [5.41, 5.74) is 1.68. The van der Waals surface area contributed by atoms with Gasteiger partial charge < -0.3 is 14.0 Å². The Bertz CT molecular complexity index is 1600. The van der Waals surface area contributed by atoms with E-state index in [1.54, 1.807) is 30.3 Å². The standard InChI is InChI=1S/C25H21N3O5S2/c1-3-13-28-20-14-21-22(33-16-32-21)15-23(20)34-25(28)26-24(29)17-9-11-19(12-10-17)35(30,31)27(2)18-7-5-4-6-8-18/h3-12,14-15H,1,13,16H2,2H3. The number of hydrogen-bond acceptors (Lipinski definition) is 6. The van der Waals surface area contributed by atoms with Crippen molar-refractivity contribution in [3.05, 3.63) is 89.7 Å². The third-order valence-electron chi connectivity index (χ3n) is 5.57. The van der Waals surface area contributed by atoms with Gasteiger partial charge in [0.15, 0.2) is 16.3 Å². The molecule has 3 aromatic carbocycles. The molecule has 0 saturated heterocycles. The molecule has 4 aromatic rings. The van der Waals surface area contributed by atoms with Gasteiger partial charge in [-0.3, -0.25) is 9.10 Å². The molecule has 0 N–H and O–H groups in total. The number of hydrogen-bond donors (Lipinski definition) is 0. The predicted molar refractivity (Wildman–Crippen MR) is 135 cm³/mol. The first-order valence-electron chi connectivity index (χ1n) is 10.7. The minimum atomic E-state index is -3.78. The average Bonchev–Trinajstić information content (AvgIpc) is 3.46. The van der Waals surface area contributed by atoms with Gasteiger partial charge in [0.05, 0.1) is 20.8 Å². The lowest BCUT2D eigenvalue weighted by Crippen LogP contribution is -2.26. The SMILES string of the molecule is C=CCn1c(=NC(=O)c2ccc(S(=O)(=O)N(C)c3ccccc3)cc2)sc2cc3c(cc21)OCO3. The Morgan fingerprint density at radius 3 is 2.49 bits per heavy atom. The van der Waals surface area contributed by atoms with Gasteiger partial charge in [0.25, 0.3) is 15.9 Å². The van der Waals surface area contributed by atoms with Crippen LogP contribution < -0.4 is 18.6 Å². The minimum Gasteiger partial charge on any atom is -0.454 e. The number of fused-ring (bicyclic) bond motifs is 2. The van der Waals surface area contributed by atoms with E-state index in [0.717, 1.165) is 10.2 Å². The molecule has 1 aromatic heterocycles. The molecule has 1 aliphatic heterocycles. The molecule has 0 saturated carbocycles. The predicted octanol–water partition coefficient (Wildman–Crippen LogP) is 4.18. The Labute approximate surface area is 206 Å². The first-order chi connectivity index (χ1) is 16.9. The van der Waals surface area contributed by atoms with Crippen molar-refractivity contribution in [2.75, 3.05) is 18.1 Å². The first-order valence-corrected chi connectivity index (χ1v) is 12.9. The summed E-state index contributed by atoms with van der Waals surface area (Å²) in [4.78, 5) is 17.8. The van der Waals surface area contributed by atoms with E-state index in [1.807, 2.05) is 22.8 Å². The summed E-state index contributed by atoms with van der Waals surface area (Å²) >= 11 is 1.35. The van der Waals surface area contributed by atoms with Gasteiger partial charge in [-0.05, 0) is 36.4 Å². The van der Waals surface area contributed by atoms with Crippen LogP contribution in [0.5, 0.6) is 11.5 Å². The number of allylic oxidation sites excluding steroid dienone is 1. The number of thiazole rings is 1. The van der Waals surface area contributed by atoms with Crippen LogP contribution in [-0.2, 0) is 16.6 Å². The molecule has 1 amide bonds. The van der Waals surface area contributed by atoms with Gasteiger partial charge in [-0.15, -0.1) is 6.58 Å². The molecular weight excluding hydrogens is 486 g/mol. The van der Waals surface area contributed by atoms with Crippen LogP contribution in [0.2, 0.25) is 0 Å². The van der Waals surface area contributed by atoms with E-state index >= 15 is 0 Å². The van der Waals surface area contributed by atoms with E-state index in [1.165, 1.54) is 47.0 Å². The number of carbonyl (C=O) groups is 1. The number of ether oxygens (including phenoxy) is 2. The number of aromatic nitrogens is 1. The van der Waals surface area contributed by atoms with Crippen molar-refractivity contribution < 1.29 is 22.7 Å². The normalized spacial score (nSPS) is 13.2. The molecular formula is C25H21N3O5S2.